The number of amides is 1. The second-order valence-corrected chi connectivity index (χ2v) is 5.90. The zero-order valence-electron chi connectivity index (χ0n) is 12.8. The predicted octanol–water partition coefficient (Wildman–Crippen LogP) is 1.61. The fourth-order valence-electron chi connectivity index (χ4n) is 2.82. The Hall–Kier alpha value is -1.88. The minimum absolute atomic E-state index is 0.0343. The van der Waals surface area contributed by atoms with Crippen LogP contribution in [-0.2, 0) is 20.9 Å². The van der Waals surface area contributed by atoms with Crippen LogP contribution in [0.2, 0.25) is 0 Å². The van der Waals surface area contributed by atoms with Gasteiger partial charge in [-0.1, -0.05) is 30.3 Å². The number of nitrogens with two attached hydrogens (primary N) is 1. The van der Waals surface area contributed by atoms with Crippen LogP contribution in [0.1, 0.15) is 31.2 Å². The summed E-state index contributed by atoms with van der Waals surface area (Å²) in [5.74, 6) is 0.121. The van der Waals surface area contributed by atoms with Crippen molar-refractivity contribution in [3.8, 4) is 0 Å². The first-order chi connectivity index (χ1) is 10.6. The predicted molar refractivity (Wildman–Crippen MR) is 83.8 cm³/mol. The van der Waals surface area contributed by atoms with Crippen molar-refractivity contribution in [3.63, 3.8) is 0 Å². The summed E-state index contributed by atoms with van der Waals surface area (Å²) in [6.45, 7) is 1.32. The number of hydrogen-bond acceptors (Lipinski definition) is 4. The Balaban J connectivity index is 1.57. The lowest BCUT2D eigenvalue weighted by Gasteiger charge is -2.26. The van der Waals surface area contributed by atoms with Crippen LogP contribution >= 0.6 is 0 Å². The third-order valence-corrected chi connectivity index (χ3v) is 4.19. The van der Waals surface area contributed by atoms with E-state index in [-0.39, 0.29) is 24.3 Å². The molecule has 3 N–H and O–H groups in total. The minimum Gasteiger partial charge on any atom is -0.460 e. The van der Waals surface area contributed by atoms with Crippen LogP contribution in [0.15, 0.2) is 30.3 Å². The van der Waals surface area contributed by atoms with Gasteiger partial charge in [0.1, 0.15) is 6.61 Å². The number of benzene rings is 1. The molecule has 0 aliphatic heterocycles. The molecule has 1 saturated carbocycles. The first-order valence-corrected chi connectivity index (χ1v) is 7.84. The molecule has 1 aromatic rings. The number of ether oxygens (including phenoxy) is 1. The normalized spacial score (nSPS) is 21.3. The van der Waals surface area contributed by atoms with Gasteiger partial charge in [-0.2, -0.15) is 0 Å². The molecule has 2 rings (SSSR count). The Bertz CT molecular complexity index is 482. The number of carbonyl (C=O) groups is 2. The number of carbonyl (C=O) groups excluding carboxylic acids is 2. The van der Waals surface area contributed by atoms with Gasteiger partial charge in [-0.3, -0.25) is 9.59 Å². The van der Waals surface area contributed by atoms with Crippen LogP contribution < -0.4 is 11.1 Å². The first-order valence-electron chi connectivity index (χ1n) is 7.84. The van der Waals surface area contributed by atoms with Gasteiger partial charge >= 0.3 is 5.97 Å². The van der Waals surface area contributed by atoms with E-state index < -0.39 is 0 Å². The Labute approximate surface area is 131 Å². The van der Waals surface area contributed by atoms with Gasteiger partial charge in [0.25, 0.3) is 0 Å². The molecule has 0 aromatic heterocycles. The molecule has 1 aromatic carbocycles. The number of primary amides is 1. The molecule has 0 spiro atoms. The van der Waals surface area contributed by atoms with Gasteiger partial charge in [0.05, 0.1) is 6.54 Å². The van der Waals surface area contributed by atoms with Gasteiger partial charge in [-0.15, -0.1) is 0 Å². The third-order valence-electron chi connectivity index (χ3n) is 4.19. The highest BCUT2D eigenvalue weighted by atomic mass is 16.5. The van der Waals surface area contributed by atoms with Crippen molar-refractivity contribution in [3.05, 3.63) is 35.9 Å². The molecule has 0 radical (unpaired) electrons. The highest BCUT2D eigenvalue weighted by Crippen LogP contribution is 2.27. The van der Waals surface area contributed by atoms with E-state index in [4.69, 9.17) is 10.5 Å². The summed E-state index contributed by atoms with van der Waals surface area (Å²) in [7, 11) is 0. The Morgan fingerprint density at radius 2 is 1.82 bits per heavy atom. The molecule has 22 heavy (non-hydrogen) atoms. The summed E-state index contributed by atoms with van der Waals surface area (Å²) < 4.78 is 5.20. The van der Waals surface area contributed by atoms with Crippen LogP contribution in [0.5, 0.6) is 0 Å². The molecule has 1 fully saturated rings. The van der Waals surface area contributed by atoms with E-state index in [1.165, 1.54) is 0 Å². The third kappa shape index (κ3) is 5.48. The zero-order chi connectivity index (χ0) is 15.8. The highest BCUT2D eigenvalue weighted by molar-refractivity contribution is 5.76. The number of nitrogens with one attached hydrogen (secondary N) is 1. The van der Waals surface area contributed by atoms with Crippen molar-refractivity contribution in [2.24, 2.45) is 17.6 Å². The van der Waals surface area contributed by atoms with E-state index in [1.54, 1.807) is 0 Å². The van der Waals surface area contributed by atoms with Crippen molar-refractivity contribution >= 4 is 11.9 Å². The van der Waals surface area contributed by atoms with E-state index in [2.05, 4.69) is 5.32 Å². The molecule has 0 unspecified atom stereocenters. The molecule has 0 heterocycles. The smallest absolute Gasteiger partial charge is 0.320 e. The molecule has 5 nitrogen and oxygen atoms in total. The molecule has 120 valence electrons. The van der Waals surface area contributed by atoms with Crippen molar-refractivity contribution in [1.29, 1.82) is 0 Å². The largest absolute Gasteiger partial charge is 0.460 e. The van der Waals surface area contributed by atoms with Gasteiger partial charge in [0.2, 0.25) is 5.91 Å². The topological polar surface area (TPSA) is 81.4 Å². The fourth-order valence-corrected chi connectivity index (χ4v) is 2.82. The van der Waals surface area contributed by atoms with Gasteiger partial charge in [-0.05, 0) is 43.7 Å². The van der Waals surface area contributed by atoms with Gasteiger partial charge in [0.15, 0.2) is 0 Å². The monoisotopic (exact) mass is 304 g/mol. The first kappa shape index (κ1) is 16.5. The van der Waals surface area contributed by atoms with Crippen molar-refractivity contribution in [1.82, 2.24) is 5.32 Å². The lowest BCUT2D eigenvalue weighted by atomic mass is 9.81. The van der Waals surface area contributed by atoms with E-state index in [0.717, 1.165) is 37.8 Å². The maximum Gasteiger partial charge on any atom is 0.320 e. The molecule has 0 atom stereocenters. The van der Waals surface area contributed by atoms with E-state index in [1.807, 2.05) is 30.3 Å². The van der Waals surface area contributed by atoms with Crippen LogP contribution in [0.4, 0.5) is 0 Å². The molecule has 0 bridgehead atoms. The fraction of sp³-hybridized carbons (Fsp3) is 0.529. The van der Waals surface area contributed by atoms with Gasteiger partial charge < -0.3 is 15.8 Å². The summed E-state index contributed by atoms with van der Waals surface area (Å²) in [5, 5.41) is 3.14. The number of hydrogen-bond donors (Lipinski definition) is 2. The average molecular weight is 304 g/mol. The molecule has 1 aliphatic rings. The SMILES string of the molecule is NC(=O)C1CCC(CNCC(=O)OCc2ccccc2)CC1. The summed E-state index contributed by atoms with van der Waals surface area (Å²) in [4.78, 5) is 22.8. The lowest BCUT2D eigenvalue weighted by molar-refractivity contribution is -0.143. The molecular formula is C17H24N2O3. The number of esters is 1. The van der Waals surface area contributed by atoms with Crippen molar-refractivity contribution < 1.29 is 14.3 Å². The Morgan fingerprint density at radius 1 is 1.14 bits per heavy atom. The quantitative estimate of drug-likeness (QED) is 0.750. The van der Waals surface area contributed by atoms with Crippen molar-refractivity contribution in [2.45, 2.75) is 32.3 Å². The molecule has 0 saturated heterocycles. The van der Waals surface area contributed by atoms with Crippen LogP contribution in [-0.4, -0.2) is 25.0 Å². The second-order valence-electron chi connectivity index (χ2n) is 5.90. The van der Waals surface area contributed by atoms with Crippen LogP contribution in [0, 0.1) is 11.8 Å². The number of rotatable bonds is 7. The molecule has 5 heteroatoms. The van der Waals surface area contributed by atoms with Crippen LogP contribution in [0.3, 0.4) is 0 Å². The van der Waals surface area contributed by atoms with E-state index >= 15 is 0 Å². The second kappa shape index (κ2) is 8.54. The standard InChI is InChI=1S/C17H24N2O3/c18-17(21)15-8-6-13(7-9-15)10-19-11-16(20)22-12-14-4-2-1-3-5-14/h1-5,13,15,19H,6-12H2,(H2,18,21). The summed E-state index contributed by atoms with van der Waals surface area (Å²) in [5.41, 5.74) is 6.30. The highest BCUT2D eigenvalue weighted by Gasteiger charge is 2.24. The maximum atomic E-state index is 11.7. The Morgan fingerprint density at radius 3 is 2.45 bits per heavy atom. The summed E-state index contributed by atoms with van der Waals surface area (Å²) in [6.07, 6.45) is 3.69. The van der Waals surface area contributed by atoms with Gasteiger partial charge in [0, 0.05) is 5.92 Å². The maximum absolute atomic E-state index is 11.7. The van der Waals surface area contributed by atoms with E-state index in [9.17, 15) is 9.59 Å². The summed E-state index contributed by atoms with van der Waals surface area (Å²) >= 11 is 0. The summed E-state index contributed by atoms with van der Waals surface area (Å²) in [6, 6.07) is 9.63. The molecule has 1 amide bonds. The van der Waals surface area contributed by atoms with E-state index in [0.29, 0.717) is 12.5 Å². The minimum atomic E-state index is -0.241. The van der Waals surface area contributed by atoms with Crippen molar-refractivity contribution in [2.75, 3.05) is 13.1 Å². The lowest BCUT2D eigenvalue weighted by Crippen LogP contribution is -2.33. The zero-order valence-corrected chi connectivity index (χ0v) is 12.8. The van der Waals surface area contributed by atoms with Crippen LogP contribution in [0.25, 0.3) is 0 Å². The van der Waals surface area contributed by atoms with Gasteiger partial charge in [-0.25, -0.2) is 0 Å². The molecular weight excluding hydrogens is 280 g/mol. The average Bonchev–Trinajstić information content (AvgIpc) is 2.54. The Kier molecular flexibility index (Phi) is 6.40. The molecule has 1 aliphatic carbocycles.